The average Bonchev–Trinajstić information content (AvgIpc) is 3.17. The fourth-order valence-electron chi connectivity index (χ4n) is 2.96. The van der Waals surface area contributed by atoms with Crippen molar-refractivity contribution in [1.29, 1.82) is 0 Å². The number of anilines is 3. The van der Waals surface area contributed by atoms with Crippen LogP contribution in [0.15, 0.2) is 36.7 Å². The van der Waals surface area contributed by atoms with Crippen molar-refractivity contribution in [2.75, 3.05) is 36.7 Å². The smallest absolute Gasteiger partial charge is 0.146 e. The highest BCUT2D eigenvalue weighted by Crippen LogP contribution is 2.33. The van der Waals surface area contributed by atoms with Crippen molar-refractivity contribution in [3.8, 4) is 5.75 Å². The molecule has 1 unspecified atom stereocenters. The quantitative estimate of drug-likeness (QED) is 0.554. The molecule has 2 aromatic carbocycles. The molecular weight excluding hydrogens is 393 g/mol. The number of hydrogen-bond donors (Lipinski definition) is 3. The van der Waals surface area contributed by atoms with Gasteiger partial charge in [-0.05, 0) is 49.3 Å². The molecule has 7 nitrogen and oxygen atoms in total. The Morgan fingerprint density at radius 3 is 2.79 bits per heavy atom. The molecule has 0 aliphatic carbocycles. The van der Waals surface area contributed by atoms with Crippen molar-refractivity contribution in [1.82, 2.24) is 15.4 Å². The molecule has 0 saturated carbocycles. The lowest BCUT2D eigenvalue weighted by Gasteiger charge is -2.17. The molecule has 1 aromatic heterocycles. The first kappa shape index (κ1) is 21.1. The van der Waals surface area contributed by atoms with Gasteiger partial charge >= 0.3 is 0 Å². The van der Waals surface area contributed by atoms with Gasteiger partial charge < -0.3 is 15.8 Å². The van der Waals surface area contributed by atoms with Gasteiger partial charge in [0, 0.05) is 17.1 Å². The molecule has 0 amide bonds. The molecular formula is C20H24FN5O2S. The van der Waals surface area contributed by atoms with Crippen molar-refractivity contribution in [3.05, 3.63) is 48.0 Å². The van der Waals surface area contributed by atoms with E-state index in [1.807, 2.05) is 25.5 Å². The fraction of sp³-hybridized carbons (Fsp3) is 0.300. The van der Waals surface area contributed by atoms with Gasteiger partial charge in [0.2, 0.25) is 0 Å². The number of hydroxylamine groups is 1. The second-order valence-corrected chi connectivity index (χ2v) is 7.34. The molecule has 1 atom stereocenters. The van der Waals surface area contributed by atoms with Crippen LogP contribution >= 0.6 is 11.8 Å². The maximum atomic E-state index is 13.7. The van der Waals surface area contributed by atoms with Gasteiger partial charge in [0.05, 0.1) is 17.7 Å². The summed E-state index contributed by atoms with van der Waals surface area (Å²) in [6, 6.07) is 7.98. The van der Waals surface area contributed by atoms with Gasteiger partial charge in [0.1, 0.15) is 36.4 Å². The second kappa shape index (κ2) is 9.73. The normalized spacial score (nSPS) is 15.7. The minimum Gasteiger partial charge on any atom is -0.484 e. The molecule has 9 heteroatoms. The van der Waals surface area contributed by atoms with Crippen LogP contribution in [-0.2, 0) is 4.84 Å². The highest BCUT2D eigenvalue weighted by Gasteiger charge is 2.20. The number of thioether (sulfide) groups is 1. The Bertz CT molecular complexity index is 982. The molecule has 0 radical (unpaired) electrons. The predicted octanol–water partition coefficient (Wildman–Crippen LogP) is 3.66. The standard InChI is InChI=1S/C18H18FN5O2.C2H6S/c1-10-4-12(20)6-15-17(10)18(22-9-21-15)24-14-3-2-11(19)5-16(14)26-13-7-23-25-8-13;1-3-2/h2-6,9,13,23H,7-8,20H2,1H3,(H,21,22,24);1-2H3. The third-order valence-electron chi connectivity index (χ3n) is 4.13. The molecule has 1 saturated heterocycles. The molecule has 29 heavy (non-hydrogen) atoms. The summed E-state index contributed by atoms with van der Waals surface area (Å²) < 4.78 is 19.6. The molecule has 0 bridgehead atoms. The number of nitrogens with zero attached hydrogens (tertiary/aromatic N) is 2. The number of benzene rings is 2. The van der Waals surface area contributed by atoms with E-state index in [1.54, 1.807) is 23.9 Å². The molecule has 4 rings (SSSR count). The van der Waals surface area contributed by atoms with Gasteiger partial charge in [-0.15, -0.1) is 0 Å². The van der Waals surface area contributed by atoms with E-state index in [4.69, 9.17) is 15.3 Å². The third-order valence-corrected chi connectivity index (χ3v) is 4.13. The van der Waals surface area contributed by atoms with Gasteiger partial charge in [0.25, 0.3) is 0 Å². The number of nitrogens with one attached hydrogen (secondary N) is 2. The van der Waals surface area contributed by atoms with Crippen LogP contribution in [0.5, 0.6) is 5.75 Å². The van der Waals surface area contributed by atoms with E-state index in [0.717, 1.165) is 16.5 Å². The van der Waals surface area contributed by atoms with Gasteiger partial charge in [0.15, 0.2) is 0 Å². The second-order valence-electron chi connectivity index (χ2n) is 6.53. The zero-order chi connectivity index (χ0) is 20.8. The van der Waals surface area contributed by atoms with Crippen LogP contribution in [0.4, 0.5) is 21.6 Å². The van der Waals surface area contributed by atoms with E-state index in [0.29, 0.717) is 36.1 Å². The fourth-order valence-corrected chi connectivity index (χ4v) is 2.96. The Labute approximate surface area is 173 Å². The first-order valence-corrected chi connectivity index (χ1v) is 10.6. The van der Waals surface area contributed by atoms with E-state index in [1.165, 1.54) is 18.5 Å². The van der Waals surface area contributed by atoms with Crippen molar-refractivity contribution < 1.29 is 14.0 Å². The summed E-state index contributed by atoms with van der Waals surface area (Å²) in [4.78, 5) is 13.7. The Hall–Kier alpha value is -2.62. The molecule has 1 fully saturated rings. The maximum Gasteiger partial charge on any atom is 0.146 e. The van der Waals surface area contributed by atoms with E-state index >= 15 is 0 Å². The topological polar surface area (TPSA) is 94.3 Å². The van der Waals surface area contributed by atoms with Crippen LogP contribution in [0, 0.1) is 12.7 Å². The molecule has 1 aliphatic heterocycles. The monoisotopic (exact) mass is 417 g/mol. The molecule has 3 aromatic rings. The van der Waals surface area contributed by atoms with Crippen LogP contribution in [0.3, 0.4) is 0 Å². The van der Waals surface area contributed by atoms with Crippen LogP contribution in [0.2, 0.25) is 0 Å². The Morgan fingerprint density at radius 1 is 1.28 bits per heavy atom. The van der Waals surface area contributed by atoms with Crippen molar-refractivity contribution >= 4 is 39.9 Å². The summed E-state index contributed by atoms with van der Waals surface area (Å²) >= 11 is 1.75. The number of aromatic nitrogens is 2. The molecule has 4 N–H and O–H groups in total. The Balaban J connectivity index is 0.000000755. The molecule has 2 heterocycles. The highest BCUT2D eigenvalue weighted by molar-refractivity contribution is 7.97. The zero-order valence-electron chi connectivity index (χ0n) is 16.5. The van der Waals surface area contributed by atoms with E-state index in [2.05, 4.69) is 20.8 Å². The third kappa shape index (κ3) is 5.26. The van der Waals surface area contributed by atoms with Gasteiger partial charge in [-0.3, -0.25) is 4.84 Å². The van der Waals surface area contributed by atoms with E-state index in [9.17, 15) is 4.39 Å². The number of rotatable bonds is 4. The van der Waals surface area contributed by atoms with Gasteiger partial charge in [-0.2, -0.15) is 17.2 Å². The van der Waals surface area contributed by atoms with E-state index in [-0.39, 0.29) is 11.9 Å². The Kier molecular flexibility index (Phi) is 7.08. The average molecular weight is 418 g/mol. The summed E-state index contributed by atoms with van der Waals surface area (Å²) in [5, 5.41) is 4.08. The summed E-state index contributed by atoms with van der Waals surface area (Å²) in [5.41, 5.74) is 11.6. The number of nitrogen functional groups attached to an aromatic ring is 1. The summed E-state index contributed by atoms with van der Waals surface area (Å²) in [6.07, 6.45) is 5.35. The van der Waals surface area contributed by atoms with Crippen LogP contribution < -0.4 is 21.3 Å². The molecule has 1 aliphatic rings. The number of nitrogens with two attached hydrogens (primary N) is 1. The Morgan fingerprint density at radius 2 is 2.07 bits per heavy atom. The minimum atomic E-state index is -0.381. The van der Waals surface area contributed by atoms with Gasteiger partial charge in [-0.25, -0.2) is 14.4 Å². The summed E-state index contributed by atoms with van der Waals surface area (Å²) in [7, 11) is 0. The molecule has 0 spiro atoms. The number of halogens is 1. The van der Waals surface area contributed by atoms with Gasteiger partial charge in [-0.1, -0.05) is 0 Å². The first-order valence-electron chi connectivity index (χ1n) is 9.00. The lowest BCUT2D eigenvalue weighted by Crippen LogP contribution is -2.22. The number of hydrogen-bond acceptors (Lipinski definition) is 8. The van der Waals surface area contributed by atoms with Crippen LogP contribution in [-0.4, -0.2) is 41.7 Å². The van der Waals surface area contributed by atoms with Crippen LogP contribution in [0.25, 0.3) is 10.9 Å². The summed E-state index contributed by atoms with van der Waals surface area (Å²) in [5.74, 6) is 0.612. The number of fused-ring (bicyclic) bond motifs is 1. The largest absolute Gasteiger partial charge is 0.484 e. The maximum absolute atomic E-state index is 13.7. The van der Waals surface area contributed by atoms with Crippen molar-refractivity contribution in [3.63, 3.8) is 0 Å². The number of ether oxygens (including phenoxy) is 1. The SMILES string of the molecule is CSC.Cc1cc(N)cc2ncnc(Nc3ccc(F)cc3OC3CNOC3)c12. The molecule has 154 valence electrons. The number of aryl methyl sites for hydroxylation is 1. The van der Waals surface area contributed by atoms with Crippen LogP contribution in [0.1, 0.15) is 5.56 Å². The predicted molar refractivity (Wildman–Crippen MR) is 116 cm³/mol. The van der Waals surface area contributed by atoms with E-state index < -0.39 is 0 Å². The first-order chi connectivity index (χ1) is 14.0. The lowest BCUT2D eigenvalue weighted by atomic mass is 10.1. The van der Waals surface area contributed by atoms with Crippen molar-refractivity contribution in [2.24, 2.45) is 0 Å². The summed E-state index contributed by atoms with van der Waals surface area (Å²) in [6.45, 7) is 2.87. The van der Waals surface area contributed by atoms with Crippen molar-refractivity contribution in [2.45, 2.75) is 13.0 Å². The highest BCUT2D eigenvalue weighted by atomic mass is 32.2. The minimum absolute atomic E-state index is 0.193. The lowest BCUT2D eigenvalue weighted by molar-refractivity contribution is 0.0844. The zero-order valence-corrected chi connectivity index (χ0v) is 17.3.